The SMILES string of the molecule is CCOC(=O)CCCNCc1ccc2c(c1)OCCO2. The Labute approximate surface area is 119 Å². The Morgan fingerprint density at radius 2 is 2.10 bits per heavy atom. The molecule has 1 aliphatic rings. The zero-order valence-corrected chi connectivity index (χ0v) is 11.8. The molecule has 1 aliphatic heterocycles. The van der Waals surface area contributed by atoms with Crippen molar-refractivity contribution < 1.29 is 19.0 Å². The van der Waals surface area contributed by atoms with E-state index in [0.717, 1.165) is 36.6 Å². The lowest BCUT2D eigenvalue weighted by Crippen LogP contribution is -2.18. The van der Waals surface area contributed by atoms with Crippen LogP contribution < -0.4 is 14.8 Å². The average Bonchev–Trinajstić information content (AvgIpc) is 2.47. The van der Waals surface area contributed by atoms with Crippen molar-refractivity contribution in [3.8, 4) is 11.5 Å². The topological polar surface area (TPSA) is 56.8 Å². The van der Waals surface area contributed by atoms with E-state index in [4.69, 9.17) is 14.2 Å². The maximum atomic E-state index is 11.2. The molecule has 1 aromatic rings. The van der Waals surface area contributed by atoms with Gasteiger partial charge in [0.1, 0.15) is 13.2 Å². The van der Waals surface area contributed by atoms with Crippen LogP contribution in [-0.4, -0.2) is 32.3 Å². The second-order valence-corrected chi connectivity index (χ2v) is 4.56. The Hall–Kier alpha value is -1.75. The standard InChI is InChI=1S/C15H21NO4/c1-2-18-15(17)4-3-7-16-11-12-5-6-13-14(10-12)20-9-8-19-13/h5-6,10,16H,2-4,7-9,11H2,1H3. The summed E-state index contributed by atoms with van der Waals surface area (Å²) in [6, 6.07) is 5.95. The van der Waals surface area contributed by atoms with E-state index in [1.807, 2.05) is 25.1 Å². The van der Waals surface area contributed by atoms with Gasteiger partial charge in [0.15, 0.2) is 11.5 Å². The molecule has 2 rings (SSSR count). The van der Waals surface area contributed by atoms with Crippen LogP contribution in [0.3, 0.4) is 0 Å². The van der Waals surface area contributed by atoms with E-state index in [9.17, 15) is 4.79 Å². The molecule has 0 amide bonds. The van der Waals surface area contributed by atoms with Gasteiger partial charge in [0.05, 0.1) is 6.61 Å². The predicted molar refractivity (Wildman–Crippen MR) is 75.0 cm³/mol. The summed E-state index contributed by atoms with van der Waals surface area (Å²) in [5.41, 5.74) is 1.14. The van der Waals surface area contributed by atoms with Gasteiger partial charge in [-0.05, 0) is 37.6 Å². The number of benzene rings is 1. The van der Waals surface area contributed by atoms with Gasteiger partial charge < -0.3 is 19.5 Å². The maximum absolute atomic E-state index is 11.2. The number of hydrogen-bond donors (Lipinski definition) is 1. The summed E-state index contributed by atoms with van der Waals surface area (Å²) in [7, 11) is 0. The van der Waals surface area contributed by atoms with E-state index in [1.54, 1.807) is 0 Å². The number of nitrogens with one attached hydrogen (secondary N) is 1. The second kappa shape index (κ2) is 7.75. The molecule has 0 unspecified atom stereocenters. The summed E-state index contributed by atoms with van der Waals surface area (Å²) in [6.45, 7) is 5.01. The molecular formula is C15H21NO4. The minimum Gasteiger partial charge on any atom is -0.486 e. The molecule has 1 heterocycles. The van der Waals surface area contributed by atoms with E-state index in [-0.39, 0.29) is 5.97 Å². The summed E-state index contributed by atoms with van der Waals surface area (Å²) < 4.78 is 15.9. The zero-order chi connectivity index (χ0) is 14.2. The molecule has 0 spiro atoms. The molecule has 5 heteroatoms. The molecule has 0 atom stereocenters. The third-order valence-electron chi connectivity index (χ3n) is 2.98. The lowest BCUT2D eigenvalue weighted by molar-refractivity contribution is -0.143. The number of carbonyl (C=O) groups excluding carboxylic acids is 1. The van der Waals surface area contributed by atoms with Crippen LogP contribution in [0.15, 0.2) is 18.2 Å². The van der Waals surface area contributed by atoms with E-state index in [0.29, 0.717) is 26.2 Å². The van der Waals surface area contributed by atoms with Crippen molar-refractivity contribution in [2.24, 2.45) is 0 Å². The Morgan fingerprint density at radius 1 is 1.30 bits per heavy atom. The summed E-state index contributed by atoms with van der Waals surface area (Å²) in [6.07, 6.45) is 1.24. The summed E-state index contributed by atoms with van der Waals surface area (Å²) in [4.78, 5) is 11.2. The minimum atomic E-state index is -0.131. The van der Waals surface area contributed by atoms with Gasteiger partial charge in [-0.15, -0.1) is 0 Å². The summed E-state index contributed by atoms with van der Waals surface area (Å²) in [5.74, 6) is 1.48. The fraction of sp³-hybridized carbons (Fsp3) is 0.533. The van der Waals surface area contributed by atoms with Crippen LogP contribution in [-0.2, 0) is 16.1 Å². The first-order valence-electron chi connectivity index (χ1n) is 7.04. The highest BCUT2D eigenvalue weighted by atomic mass is 16.6. The van der Waals surface area contributed by atoms with Crippen molar-refractivity contribution in [2.45, 2.75) is 26.3 Å². The minimum absolute atomic E-state index is 0.131. The average molecular weight is 279 g/mol. The van der Waals surface area contributed by atoms with E-state index < -0.39 is 0 Å². The summed E-state index contributed by atoms with van der Waals surface area (Å²) >= 11 is 0. The largest absolute Gasteiger partial charge is 0.486 e. The van der Waals surface area contributed by atoms with Gasteiger partial charge >= 0.3 is 5.97 Å². The van der Waals surface area contributed by atoms with E-state index >= 15 is 0 Å². The maximum Gasteiger partial charge on any atom is 0.305 e. The van der Waals surface area contributed by atoms with E-state index in [2.05, 4.69) is 5.32 Å². The molecule has 0 saturated heterocycles. The fourth-order valence-electron chi connectivity index (χ4n) is 2.02. The van der Waals surface area contributed by atoms with Crippen molar-refractivity contribution in [3.05, 3.63) is 23.8 Å². The Balaban J connectivity index is 1.68. The van der Waals surface area contributed by atoms with Crippen molar-refractivity contribution >= 4 is 5.97 Å². The predicted octanol–water partition coefficient (Wildman–Crippen LogP) is 1.89. The lowest BCUT2D eigenvalue weighted by atomic mass is 10.2. The van der Waals surface area contributed by atoms with E-state index in [1.165, 1.54) is 0 Å². The van der Waals surface area contributed by atoms with Crippen LogP contribution in [0.25, 0.3) is 0 Å². The zero-order valence-electron chi connectivity index (χ0n) is 11.8. The van der Waals surface area contributed by atoms with Gasteiger partial charge in [-0.3, -0.25) is 4.79 Å². The van der Waals surface area contributed by atoms with Gasteiger partial charge in [0.25, 0.3) is 0 Å². The highest BCUT2D eigenvalue weighted by Gasteiger charge is 2.11. The number of carbonyl (C=O) groups is 1. The first-order valence-corrected chi connectivity index (χ1v) is 7.04. The normalized spacial score (nSPS) is 13.1. The van der Waals surface area contributed by atoms with Crippen LogP contribution in [0.5, 0.6) is 11.5 Å². The molecule has 1 aromatic carbocycles. The highest BCUT2D eigenvalue weighted by molar-refractivity contribution is 5.69. The molecule has 0 fully saturated rings. The first kappa shape index (κ1) is 14.7. The van der Waals surface area contributed by atoms with Crippen molar-refractivity contribution in [2.75, 3.05) is 26.4 Å². The quantitative estimate of drug-likeness (QED) is 0.610. The second-order valence-electron chi connectivity index (χ2n) is 4.56. The van der Waals surface area contributed by atoms with Gasteiger partial charge in [-0.2, -0.15) is 0 Å². The van der Waals surface area contributed by atoms with Crippen LogP contribution in [0.4, 0.5) is 0 Å². The van der Waals surface area contributed by atoms with Crippen LogP contribution in [0.1, 0.15) is 25.3 Å². The molecule has 0 aliphatic carbocycles. The molecule has 110 valence electrons. The Morgan fingerprint density at radius 3 is 2.90 bits per heavy atom. The fourth-order valence-corrected chi connectivity index (χ4v) is 2.02. The lowest BCUT2D eigenvalue weighted by Gasteiger charge is -2.19. The monoisotopic (exact) mass is 279 g/mol. The number of esters is 1. The molecule has 0 aromatic heterocycles. The van der Waals surface area contributed by atoms with Crippen molar-refractivity contribution in [1.82, 2.24) is 5.32 Å². The first-order chi connectivity index (χ1) is 9.79. The molecule has 5 nitrogen and oxygen atoms in total. The van der Waals surface area contributed by atoms with Gasteiger partial charge in [0, 0.05) is 13.0 Å². The summed E-state index contributed by atoms with van der Waals surface area (Å²) in [5, 5.41) is 3.30. The molecular weight excluding hydrogens is 258 g/mol. The third-order valence-corrected chi connectivity index (χ3v) is 2.98. The number of fused-ring (bicyclic) bond motifs is 1. The van der Waals surface area contributed by atoms with Gasteiger partial charge in [-0.25, -0.2) is 0 Å². The smallest absolute Gasteiger partial charge is 0.305 e. The number of hydrogen-bond acceptors (Lipinski definition) is 5. The van der Waals surface area contributed by atoms with Gasteiger partial charge in [0.2, 0.25) is 0 Å². The van der Waals surface area contributed by atoms with Crippen LogP contribution in [0.2, 0.25) is 0 Å². The Kier molecular flexibility index (Phi) is 5.68. The highest BCUT2D eigenvalue weighted by Crippen LogP contribution is 2.30. The molecule has 1 N–H and O–H groups in total. The number of rotatable bonds is 7. The molecule has 20 heavy (non-hydrogen) atoms. The van der Waals surface area contributed by atoms with Gasteiger partial charge in [-0.1, -0.05) is 6.07 Å². The van der Waals surface area contributed by atoms with Crippen LogP contribution >= 0.6 is 0 Å². The van der Waals surface area contributed by atoms with Crippen molar-refractivity contribution in [3.63, 3.8) is 0 Å². The van der Waals surface area contributed by atoms with Crippen molar-refractivity contribution in [1.29, 1.82) is 0 Å². The Bertz CT molecular complexity index is 447. The molecule has 0 bridgehead atoms. The molecule has 0 radical (unpaired) electrons. The molecule has 0 saturated carbocycles. The van der Waals surface area contributed by atoms with Crippen LogP contribution in [0, 0.1) is 0 Å². The third kappa shape index (κ3) is 4.42. The number of ether oxygens (including phenoxy) is 3.